The molecule has 1 rings (SSSR count). The van der Waals surface area contributed by atoms with Crippen LogP contribution in [0.1, 0.15) is 32.3 Å². The quantitative estimate of drug-likeness (QED) is 0.745. The molecule has 1 N–H and O–H groups in total. The van der Waals surface area contributed by atoms with E-state index in [4.69, 9.17) is 16.3 Å². The van der Waals surface area contributed by atoms with Crippen molar-refractivity contribution in [2.75, 3.05) is 12.5 Å². The van der Waals surface area contributed by atoms with Gasteiger partial charge in [-0.3, -0.25) is 4.79 Å². The lowest BCUT2D eigenvalue weighted by Crippen LogP contribution is -2.39. The van der Waals surface area contributed by atoms with E-state index in [0.717, 1.165) is 17.7 Å². The highest BCUT2D eigenvalue weighted by Crippen LogP contribution is 2.12. The second-order valence-electron chi connectivity index (χ2n) is 5.31. The van der Waals surface area contributed by atoms with Crippen molar-refractivity contribution in [3.8, 4) is 5.75 Å². The highest BCUT2D eigenvalue weighted by atomic mass is 35.5. The fourth-order valence-corrected chi connectivity index (χ4v) is 2.17. The Morgan fingerprint density at radius 1 is 1.40 bits per heavy atom. The predicted octanol–water partition coefficient (Wildman–Crippen LogP) is 3.53. The maximum Gasteiger partial charge on any atom is 0.223 e. The van der Waals surface area contributed by atoms with Crippen molar-refractivity contribution in [3.05, 3.63) is 29.8 Å². The van der Waals surface area contributed by atoms with Gasteiger partial charge < -0.3 is 10.1 Å². The third-order valence-electron chi connectivity index (χ3n) is 3.16. The van der Waals surface area contributed by atoms with Crippen LogP contribution < -0.4 is 10.1 Å². The number of rotatable bonds is 8. The molecule has 1 aromatic carbocycles. The van der Waals surface area contributed by atoms with Crippen molar-refractivity contribution >= 4 is 17.5 Å². The average Bonchev–Trinajstić information content (AvgIpc) is 2.38. The van der Waals surface area contributed by atoms with Gasteiger partial charge in [0.05, 0.1) is 13.0 Å². The van der Waals surface area contributed by atoms with Gasteiger partial charge in [0.25, 0.3) is 0 Å². The molecule has 0 bridgehead atoms. The number of benzene rings is 1. The molecule has 1 atom stereocenters. The molecule has 0 radical (unpaired) electrons. The Kier molecular flexibility index (Phi) is 7.45. The molecule has 20 heavy (non-hydrogen) atoms. The van der Waals surface area contributed by atoms with E-state index in [0.29, 0.717) is 24.8 Å². The van der Waals surface area contributed by atoms with E-state index >= 15 is 0 Å². The van der Waals surface area contributed by atoms with Gasteiger partial charge in [-0.2, -0.15) is 0 Å². The van der Waals surface area contributed by atoms with Crippen LogP contribution >= 0.6 is 11.6 Å². The number of carbonyl (C=O) groups excluding carboxylic acids is 1. The van der Waals surface area contributed by atoms with Gasteiger partial charge in [0.15, 0.2) is 0 Å². The zero-order valence-electron chi connectivity index (χ0n) is 12.5. The Balaban J connectivity index is 2.32. The summed E-state index contributed by atoms with van der Waals surface area (Å²) in [7, 11) is 0. The molecular formula is C16H24ClNO2. The largest absolute Gasteiger partial charge is 0.493 e. The van der Waals surface area contributed by atoms with Gasteiger partial charge in [-0.1, -0.05) is 26.0 Å². The van der Waals surface area contributed by atoms with E-state index < -0.39 is 0 Å². The standard InChI is InChI=1S/C16H24ClNO2/c1-12(2)15(7-9-17)18-16(19)8-10-20-14-6-4-5-13(3)11-14/h4-6,11-12,15H,7-10H2,1-3H3,(H,18,19). The number of nitrogens with one attached hydrogen (secondary N) is 1. The molecule has 0 aliphatic carbocycles. The van der Waals surface area contributed by atoms with Crippen LogP contribution in [0.25, 0.3) is 0 Å². The molecule has 1 aromatic rings. The lowest BCUT2D eigenvalue weighted by molar-refractivity contribution is -0.122. The van der Waals surface area contributed by atoms with Crippen LogP contribution in [0.2, 0.25) is 0 Å². The van der Waals surface area contributed by atoms with E-state index in [1.807, 2.05) is 31.2 Å². The smallest absolute Gasteiger partial charge is 0.223 e. The zero-order valence-corrected chi connectivity index (χ0v) is 13.2. The molecule has 112 valence electrons. The van der Waals surface area contributed by atoms with Crippen molar-refractivity contribution in [2.45, 2.75) is 39.7 Å². The van der Waals surface area contributed by atoms with Crippen LogP contribution in [0.15, 0.2) is 24.3 Å². The summed E-state index contributed by atoms with van der Waals surface area (Å²) in [6, 6.07) is 7.95. The van der Waals surface area contributed by atoms with Gasteiger partial charge in [-0.25, -0.2) is 0 Å². The summed E-state index contributed by atoms with van der Waals surface area (Å²) in [5.41, 5.74) is 1.15. The van der Waals surface area contributed by atoms with E-state index in [9.17, 15) is 4.79 Å². The Morgan fingerprint density at radius 3 is 2.75 bits per heavy atom. The Bertz CT molecular complexity index is 421. The van der Waals surface area contributed by atoms with E-state index in [2.05, 4.69) is 19.2 Å². The summed E-state index contributed by atoms with van der Waals surface area (Å²) >= 11 is 5.75. The number of ether oxygens (including phenoxy) is 1. The molecule has 0 fully saturated rings. The minimum atomic E-state index is 0.0152. The first-order valence-corrected chi connectivity index (χ1v) is 7.61. The van der Waals surface area contributed by atoms with Crippen molar-refractivity contribution in [2.24, 2.45) is 5.92 Å². The van der Waals surface area contributed by atoms with Crippen LogP contribution in [0.4, 0.5) is 0 Å². The topological polar surface area (TPSA) is 38.3 Å². The molecule has 1 amide bonds. The van der Waals surface area contributed by atoms with Crippen molar-refractivity contribution in [1.82, 2.24) is 5.32 Å². The highest BCUT2D eigenvalue weighted by Gasteiger charge is 2.15. The maximum atomic E-state index is 11.9. The van der Waals surface area contributed by atoms with Gasteiger partial charge in [0.1, 0.15) is 5.75 Å². The van der Waals surface area contributed by atoms with Gasteiger partial charge in [0.2, 0.25) is 5.91 Å². The fourth-order valence-electron chi connectivity index (χ4n) is 1.94. The first-order chi connectivity index (χ1) is 9.52. The molecule has 3 nitrogen and oxygen atoms in total. The van der Waals surface area contributed by atoms with Crippen molar-refractivity contribution in [1.29, 1.82) is 0 Å². The monoisotopic (exact) mass is 297 g/mol. The minimum Gasteiger partial charge on any atom is -0.493 e. The minimum absolute atomic E-state index is 0.0152. The number of alkyl halides is 1. The number of hydrogen-bond acceptors (Lipinski definition) is 2. The average molecular weight is 298 g/mol. The number of halogens is 1. The Hall–Kier alpha value is -1.22. The Morgan fingerprint density at radius 2 is 2.15 bits per heavy atom. The fraction of sp³-hybridized carbons (Fsp3) is 0.562. The van der Waals surface area contributed by atoms with Gasteiger partial charge in [0, 0.05) is 11.9 Å². The summed E-state index contributed by atoms with van der Waals surface area (Å²) in [6.07, 6.45) is 1.16. The van der Waals surface area contributed by atoms with Crippen LogP contribution in [0.5, 0.6) is 5.75 Å². The Labute approximate surface area is 126 Å². The molecule has 0 aromatic heterocycles. The van der Waals surface area contributed by atoms with Gasteiger partial charge >= 0.3 is 0 Å². The van der Waals surface area contributed by atoms with Gasteiger partial charge in [-0.15, -0.1) is 11.6 Å². The van der Waals surface area contributed by atoms with Crippen molar-refractivity contribution < 1.29 is 9.53 Å². The molecule has 0 aliphatic rings. The molecule has 0 spiro atoms. The summed E-state index contributed by atoms with van der Waals surface area (Å²) in [5, 5.41) is 3.01. The van der Waals surface area contributed by atoms with Crippen LogP contribution in [-0.4, -0.2) is 24.4 Å². The summed E-state index contributed by atoms with van der Waals surface area (Å²) in [6.45, 7) is 6.57. The van der Waals surface area contributed by atoms with Crippen LogP contribution in [-0.2, 0) is 4.79 Å². The second-order valence-corrected chi connectivity index (χ2v) is 5.69. The number of carbonyl (C=O) groups is 1. The molecule has 0 saturated carbocycles. The number of amides is 1. The maximum absolute atomic E-state index is 11.9. The molecule has 1 unspecified atom stereocenters. The van der Waals surface area contributed by atoms with Crippen molar-refractivity contribution in [3.63, 3.8) is 0 Å². The first-order valence-electron chi connectivity index (χ1n) is 7.07. The van der Waals surface area contributed by atoms with E-state index in [-0.39, 0.29) is 11.9 Å². The number of aryl methyl sites for hydroxylation is 1. The lowest BCUT2D eigenvalue weighted by atomic mass is 10.0. The van der Waals surface area contributed by atoms with E-state index in [1.54, 1.807) is 0 Å². The molecular weight excluding hydrogens is 274 g/mol. The van der Waals surface area contributed by atoms with E-state index in [1.165, 1.54) is 0 Å². The molecule has 4 heteroatoms. The molecule has 0 saturated heterocycles. The van der Waals surface area contributed by atoms with Gasteiger partial charge in [-0.05, 0) is 37.0 Å². The lowest BCUT2D eigenvalue weighted by Gasteiger charge is -2.21. The van der Waals surface area contributed by atoms with Crippen LogP contribution in [0.3, 0.4) is 0 Å². The highest BCUT2D eigenvalue weighted by molar-refractivity contribution is 6.17. The SMILES string of the molecule is Cc1cccc(OCCC(=O)NC(CCCl)C(C)C)c1. The molecule has 0 heterocycles. The van der Waals surface area contributed by atoms with Crippen LogP contribution in [0, 0.1) is 12.8 Å². The summed E-state index contributed by atoms with van der Waals surface area (Å²) < 4.78 is 5.57. The number of hydrogen-bond donors (Lipinski definition) is 1. The predicted molar refractivity (Wildman–Crippen MR) is 83.4 cm³/mol. The third-order valence-corrected chi connectivity index (χ3v) is 3.38. The summed E-state index contributed by atoms with van der Waals surface area (Å²) in [4.78, 5) is 11.9. The molecule has 0 aliphatic heterocycles. The second kappa shape index (κ2) is 8.85. The summed E-state index contributed by atoms with van der Waals surface area (Å²) in [5.74, 6) is 1.76. The zero-order chi connectivity index (χ0) is 15.0. The third kappa shape index (κ3) is 6.29. The normalized spacial score (nSPS) is 12.2. The first kappa shape index (κ1) is 16.8.